The first kappa shape index (κ1) is 22.7. The molecule has 0 spiro atoms. The van der Waals surface area contributed by atoms with E-state index in [4.69, 9.17) is 0 Å². The summed E-state index contributed by atoms with van der Waals surface area (Å²) in [4.78, 5) is 37.3. The van der Waals surface area contributed by atoms with Crippen LogP contribution in [-0.2, 0) is 29.1 Å². The minimum absolute atomic E-state index is 0.248. The third-order valence-electron chi connectivity index (χ3n) is 5.21. The summed E-state index contributed by atoms with van der Waals surface area (Å²) in [5.74, 6) is -1.92. The summed E-state index contributed by atoms with van der Waals surface area (Å²) in [6.45, 7) is 4.64. The van der Waals surface area contributed by atoms with Gasteiger partial charge in [-0.25, -0.2) is 0 Å². The van der Waals surface area contributed by atoms with Gasteiger partial charge < -0.3 is 16.0 Å². The van der Waals surface area contributed by atoms with Crippen LogP contribution in [0.3, 0.4) is 0 Å². The number of hydrogen-bond donors (Lipinski definition) is 3. The van der Waals surface area contributed by atoms with Crippen molar-refractivity contribution in [3.63, 3.8) is 0 Å². The van der Waals surface area contributed by atoms with Crippen molar-refractivity contribution in [2.24, 2.45) is 0 Å². The lowest BCUT2D eigenvalue weighted by atomic mass is 10.1. The summed E-state index contributed by atoms with van der Waals surface area (Å²) in [5.41, 5.74) is 4.74. The SMILES string of the molecule is CCc1ccc(CNC(=O)c2ccccc2NC(=O)C(=O)NCc2ccccc2C)cc1. The summed E-state index contributed by atoms with van der Waals surface area (Å²) in [6.07, 6.45) is 0.957. The fraction of sp³-hybridized carbons (Fsp3) is 0.192. The summed E-state index contributed by atoms with van der Waals surface area (Å²) >= 11 is 0. The van der Waals surface area contributed by atoms with Crippen LogP contribution in [0.5, 0.6) is 0 Å². The first-order valence-corrected chi connectivity index (χ1v) is 10.6. The van der Waals surface area contributed by atoms with E-state index in [2.05, 4.69) is 22.9 Å². The molecule has 0 heterocycles. The van der Waals surface area contributed by atoms with Crippen LogP contribution < -0.4 is 16.0 Å². The molecule has 0 aliphatic heterocycles. The van der Waals surface area contributed by atoms with E-state index in [1.165, 1.54) is 5.56 Å². The van der Waals surface area contributed by atoms with Gasteiger partial charge in [0.05, 0.1) is 11.3 Å². The number of hydrogen-bond acceptors (Lipinski definition) is 3. The van der Waals surface area contributed by atoms with Gasteiger partial charge in [0.1, 0.15) is 0 Å². The van der Waals surface area contributed by atoms with Crippen LogP contribution >= 0.6 is 0 Å². The number of nitrogens with one attached hydrogen (secondary N) is 3. The number of para-hydroxylation sites is 1. The number of carbonyl (C=O) groups excluding carboxylic acids is 3. The van der Waals surface area contributed by atoms with Crippen molar-refractivity contribution in [2.45, 2.75) is 33.4 Å². The molecule has 164 valence electrons. The van der Waals surface area contributed by atoms with E-state index in [1.54, 1.807) is 24.3 Å². The Kier molecular flexibility index (Phi) is 7.75. The fourth-order valence-corrected chi connectivity index (χ4v) is 3.20. The van der Waals surface area contributed by atoms with Crippen molar-refractivity contribution in [3.8, 4) is 0 Å². The number of anilines is 1. The minimum atomic E-state index is -0.825. The lowest BCUT2D eigenvalue weighted by molar-refractivity contribution is -0.136. The van der Waals surface area contributed by atoms with Gasteiger partial charge in [-0.3, -0.25) is 14.4 Å². The first-order valence-electron chi connectivity index (χ1n) is 10.6. The lowest BCUT2D eigenvalue weighted by Crippen LogP contribution is -2.35. The quantitative estimate of drug-likeness (QED) is 0.500. The van der Waals surface area contributed by atoms with E-state index >= 15 is 0 Å². The van der Waals surface area contributed by atoms with Crippen LogP contribution in [0.1, 0.15) is 39.5 Å². The summed E-state index contributed by atoms with van der Waals surface area (Å²) in [7, 11) is 0. The van der Waals surface area contributed by atoms with E-state index in [-0.39, 0.29) is 23.7 Å². The van der Waals surface area contributed by atoms with Crippen molar-refractivity contribution >= 4 is 23.4 Å². The molecule has 0 atom stereocenters. The highest BCUT2D eigenvalue weighted by Crippen LogP contribution is 2.15. The van der Waals surface area contributed by atoms with E-state index < -0.39 is 11.8 Å². The number of benzene rings is 3. The molecule has 0 radical (unpaired) electrons. The van der Waals surface area contributed by atoms with E-state index in [9.17, 15) is 14.4 Å². The first-order chi connectivity index (χ1) is 15.5. The van der Waals surface area contributed by atoms with Crippen molar-refractivity contribution in [1.82, 2.24) is 10.6 Å². The van der Waals surface area contributed by atoms with Gasteiger partial charge in [0.2, 0.25) is 0 Å². The predicted molar refractivity (Wildman–Crippen MR) is 125 cm³/mol. The zero-order chi connectivity index (χ0) is 22.9. The Labute approximate surface area is 188 Å². The Morgan fingerprint density at radius 1 is 0.719 bits per heavy atom. The smallest absolute Gasteiger partial charge is 0.313 e. The molecule has 0 saturated carbocycles. The van der Waals surface area contributed by atoms with Crippen molar-refractivity contribution in [3.05, 3.63) is 101 Å². The van der Waals surface area contributed by atoms with Crippen LogP contribution in [0.2, 0.25) is 0 Å². The van der Waals surface area contributed by atoms with E-state index in [0.29, 0.717) is 6.54 Å². The average molecular weight is 430 g/mol. The van der Waals surface area contributed by atoms with Crippen LogP contribution in [0.15, 0.2) is 72.8 Å². The molecule has 0 saturated heterocycles. The average Bonchev–Trinajstić information content (AvgIpc) is 2.82. The van der Waals surface area contributed by atoms with Crippen molar-refractivity contribution in [2.75, 3.05) is 5.32 Å². The lowest BCUT2D eigenvalue weighted by Gasteiger charge is -2.12. The molecule has 3 amide bonds. The Balaban J connectivity index is 1.59. The Bertz CT molecular complexity index is 1110. The zero-order valence-corrected chi connectivity index (χ0v) is 18.3. The molecule has 3 aromatic rings. The largest absolute Gasteiger partial charge is 0.348 e. The van der Waals surface area contributed by atoms with Crippen molar-refractivity contribution in [1.29, 1.82) is 0 Å². The molecular formula is C26H27N3O3. The molecule has 0 aromatic heterocycles. The molecule has 0 aliphatic rings. The molecule has 0 bridgehead atoms. The van der Waals surface area contributed by atoms with Gasteiger partial charge in [0.25, 0.3) is 5.91 Å². The number of rotatable bonds is 7. The van der Waals surface area contributed by atoms with Gasteiger partial charge in [-0.05, 0) is 47.7 Å². The third kappa shape index (κ3) is 6.04. The van der Waals surface area contributed by atoms with Gasteiger partial charge in [-0.1, -0.05) is 67.6 Å². The second kappa shape index (κ2) is 10.9. The van der Waals surface area contributed by atoms with Crippen molar-refractivity contribution < 1.29 is 14.4 Å². The molecule has 32 heavy (non-hydrogen) atoms. The normalized spacial score (nSPS) is 10.3. The highest BCUT2D eigenvalue weighted by Gasteiger charge is 2.18. The summed E-state index contributed by atoms with van der Waals surface area (Å²) in [6, 6.07) is 22.2. The molecule has 0 unspecified atom stereocenters. The fourth-order valence-electron chi connectivity index (χ4n) is 3.20. The molecule has 0 fully saturated rings. The molecular weight excluding hydrogens is 402 g/mol. The highest BCUT2D eigenvalue weighted by molar-refractivity contribution is 6.40. The van der Waals surface area contributed by atoms with Gasteiger partial charge in [-0.15, -0.1) is 0 Å². The van der Waals surface area contributed by atoms with E-state index in [1.807, 2.05) is 55.5 Å². The molecule has 3 aromatic carbocycles. The Morgan fingerprint density at radius 2 is 1.38 bits per heavy atom. The minimum Gasteiger partial charge on any atom is -0.348 e. The van der Waals surface area contributed by atoms with Crippen LogP contribution in [0.25, 0.3) is 0 Å². The summed E-state index contributed by atoms with van der Waals surface area (Å²) in [5, 5.41) is 8.01. The number of carbonyl (C=O) groups is 3. The Morgan fingerprint density at radius 3 is 2.09 bits per heavy atom. The van der Waals surface area contributed by atoms with Gasteiger partial charge in [0, 0.05) is 13.1 Å². The van der Waals surface area contributed by atoms with Crippen LogP contribution in [-0.4, -0.2) is 17.7 Å². The van der Waals surface area contributed by atoms with E-state index in [0.717, 1.165) is 23.1 Å². The molecule has 6 nitrogen and oxygen atoms in total. The zero-order valence-electron chi connectivity index (χ0n) is 18.3. The standard InChI is InChI=1S/C26H27N3O3/c1-3-19-12-14-20(15-13-19)16-27-24(30)22-10-6-7-11-23(22)29-26(32)25(31)28-17-21-9-5-4-8-18(21)2/h4-15H,3,16-17H2,1-2H3,(H,27,30)(H,28,31)(H,29,32). The highest BCUT2D eigenvalue weighted by atomic mass is 16.2. The molecule has 3 N–H and O–H groups in total. The van der Waals surface area contributed by atoms with Crippen LogP contribution in [0.4, 0.5) is 5.69 Å². The summed E-state index contributed by atoms with van der Waals surface area (Å²) < 4.78 is 0. The van der Waals surface area contributed by atoms with Crippen LogP contribution in [0, 0.1) is 6.92 Å². The monoisotopic (exact) mass is 429 g/mol. The number of amides is 3. The predicted octanol–water partition coefficient (Wildman–Crippen LogP) is 3.74. The third-order valence-corrected chi connectivity index (χ3v) is 5.21. The molecule has 0 aliphatic carbocycles. The van der Waals surface area contributed by atoms with Gasteiger partial charge >= 0.3 is 11.8 Å². The second-order valence-corrected chi connectivity index (χ2v) is 7.46. The molecule has 3 rings (SSSR count). The topological polar surface area (TPSA) is 87.3 Å². The molecule has 6 heteroatoms. The Hall–Kier alpha value is -3.93. The van der Waals surface area contributed by atoms with Gasteiger partial charge in [0.15, 0.2) is 0 Å². The van der Waals surface area contributed by atoms with Gasteiger partial charge in [-0.2, -0.15) is 0 Å². The maximum absolute atomic E-state index is 12.7. The maximum Gasteiger partial charge on any atom is 0.313 e. The number of aryl methyl sites for hydroxylation is 2. The second-order valence-electron chi connectivity index (χ2n) is 7.46. The maximum atomic E-state index is 12.7.